The second kappa shape index (κ2) is 9.10. The number of imide groups is 1. The average molecular weight is 403 g/mol. The smallest absolute Gasteiger partial charge is 0.289 e. The minimum atomic E-state index is -0.409. The summed E-state index contributed by atoms with van der Waals surface area (Å²) in [6, 6.07) is 11.6. The number of thioether (sulfide) groups is 1. The van der Waals surface area contributed by atoms with E-state index in [2.05, 4.69) is 0 Å². The minimum Gasteiger partial charge on any atom is -0.490 e. The van der Waals surface area contributed by atoms with E-state index in [0.29, 0.717) is 31.1 Å². The van der Waals surface area contributed by atoms with E-state index >= 15 is 0 Å². The monoisotopic (exact) mass is 403 g/mol. The van der Waals surface area contributed by atoms with Crippen LogP contribution in [0.5, 0.6) is 11.5 Å². The number of carbonyl (C=O) groups excluding carboxylic acids is 2. The Labute approximate surface area is 167 Å². The topological polar surface area (TPSA) is 55.8 Å². The summed E-state index contributed by atoms with van der Waals surface area (Å²) in [7, 11) is 0. The van der Waals surface area contributed by atoms with Gasteiger partial charge in [-0.05, 0) is 55.7 Å². The summed E-state index contributed by atoms with van der Waals surface area (Å²) in [6.45, 7) is 4.82. The molecule has 7 heteroatoms. The van der Waals surface area contributed by atoms with E-state index in [4.69, 9.17) is 9.47 Å². The third-order valence-electron chi connectivity index (χ3n) is 4.36. The molecule has 2 amide bonds. The number of ether oxygens (including phenoxy) is 2. The highest BCUT2D eigenvalue weighted by molar-refractivity contribution is 8.15. The second-order valence-corrected chi connectivity index (χ2v) is 7.44. The third-order valence-corrected chi connectivity index (χ3v) is 5.43. The molecule has 28 heavy (non-hydrogen) atoms. The quantitative estimate of drug-likeness (QED) is 0.653. The summed E-state index contributed by atoms with van der Waals surface area (Å²) in [5.74, 6) is 0.720. The average Bonchev–Trinajstić information content (AvgIpc) is 2.95. The van der Waals surface area contributed by atoms with Gasteiger partial charge < -0.3 is 9.47 Å². The van der Waals surface area contributed by atoms with Crippen molar-refractivity contribution in [2.45, 2.75) is 32.1 Å². The molecule has 1 saturated heterocycles. The predicted molar refractivity (Wildman–Crippen MR) is 106 cm³/mol. The lowest BCUT2D eigenvalue weighted by Gasteiger charge is -2.15. The summed E-state index contributed by atoms with van der Waals surface area (Å²) in [5.41, 5.74) is 1.74. The molecule has 1 aliphatic rings. The van der Waals surface area contributed by atoms with Crippen LogP contribution in [0.1, 0.15) is 25.0 Å². The number of nitrogens with zero attached hydrogens (tertiary/aromatic N) is 1. The number of carbonyl (C=O) groups is 2. The zero-order valence-electron chi connectivity index (χ0n) is 15.8. The van der Waals surface area contributed by atoms with E-state index < -0.39 is 5.25 Å². The molecule has 1 atom stereocenters. The van der Waals surface area contributed by atoms with E-state index in [0.717, 1.165) is 22.9 Å². The zero-order valence-corrected chi connectivity index (χ0v) is 16.6. The molecule has 1 fully saturated rings. The normalized spacial score (nSPS) is 16.5. The molecule has 0 unspecified atom stereocenters. The maximum atomic E-state index is 13.0. The Morgan fingerprint density at radius 3 is 2.36 bits per heavy atom. The first-order chi connectivity index (χ1) is 13.5. The molecule has 5 nitrogen and oxygen atoms in total. The fourth-order valence-corrected chi connectivity index (χ4v) is 4.03. The first-order valence-corrected chi connectivity index (χ1v) is 10.0. The molecule has 1 heterocycles. The Morgan fingerprint density at radius 2 is 1.71 bits per heavy atom. The van der Waals surface area contributed by atoms with E-state index in [1.807, 2.05) is 19.1 Å². The fraction of sp³-hybridized carbons (Fsp3) is 0.333. The van der Waals surface area contributed by atoms with Crippen molar-refractivity contribution < 1.29 is 23.5 Å². The van der Waals surface area contributed by atoms with Crippen molar-refractivity contribution in [2.75, 3.05) is 13.2 Å². The molecule has 3 rings (SSSR count). The van der Waals surface area contributed by atoms with Crippen LogP contribution in [0.3, 0.4) is 0 Å². The Balaban J connectivity index is 1.71. The lowest BCUT2D eigenvalue weighted by atomic mass is 10.1. The predicted octanol–water partition coefficient (Wildman–Crippen LogP) is 4.43. The maximum Gasteiger partial charge on any atom is 0.289 e. The van der Waals surface area contributed by atoms with Crippen LogP contribution in [0.15, 0.2) is 42.5 Å². The summed E-state index contributed by atoms with van der Waals surface area (Å²) in [5, 5.41) is -0.602. The number of amides is 2. The molecule has 1 aliphatic heterocycles. The van der Waals surface area contributed by atoms with Gasteiger partial charge in [-0.3, -0.25) is 14.5 Å². The number of rotatable bonds is 8. The van der Waals surface area contributed by atoms with Crippen molar-refractivity contribution in [1.29, 1.82) is 0 Å². The van der Waals surface area contributed by atoms with E-state index in [1.54, 1.807) is 25.1 Å². The molecular weight excluding hydrogens is 381 g/mol. The van der Waals surface area contributed by atoms with Crippen molar-refractivity contribution in [3.8, 4) is 11.5 Å². The van der Waals surface area contributed by atoms with Crippen LogP contribution in [0.25, 0.3) is 0 Å². The molecule has 0 saturated carbocycles. The van der Waals surface area contributed by atoms with Gasteiger partial charge in [0.2, 0.25) is 5.91 Å². The third kappa shape index (κ3) is 4.65. The molecule has 2 aromatic carbocycles. The van der Waals surface area contributed by atoms with Gasteiger partial charge in [-0.1, -0.05) is 30.0 Å². The van der Waals surface area contributed by atoms with E-state index in [9.17, 15) is 14.0 Å². The van der Waals surface area contributed by atoms with Crippen LogP contribution >= 0.6 is 11.8 Å². The molecule has 0 aliphatic carbocycles. The van der Waals surface area contributed by atoms with Crippen LogP contribution in [0.4, 0.5) is 9.18 Å². The molecule has 148 valence electrons. The van der Waals surface area contributed by atoms with Crippen LogP contribution < -0.4 is 9.47 Å². The van der Waals surface area contributed by atoms with Gasteiger partial charge >= 0.3 is 0 Å². The van der Waals surface area contributed by atoms with Crippen LogP contribution in [-0.4, -0.2) is 34.4 Å². The summed E-state index contributed by atoms with van der Waals surface area (Å²) >= 11 is 1.07. The standard InChI is InChI=1S/C21H22FNO4S/c1-3-23-20(24)19(28-21(23)25)12-15-7-10-17(18(11-15)26-4-2)27-13-14-5-8-16(22)9-6-14/h5-11,19H,3-4,12-13H2,1-2H3/t19-/m0/s1. The highest BCUT2D eigenvalue weighted by atomic mass is 32.2. The Bertz CT molecular complexity index is 856. The molecule has 0 radical (unpaired) electrons. The van der Waals surface area contributed by atoms with Crippen LogP contribution in [0, 0.1) is 5.82 Å². The van der Waals surface area contributed by atoms with Gasteiger partial charge in [0.05, 0.1) is 11.9 Å². The Hall–Kier alpha value is -2.54. The Kier molecular flexibility index (Phi) is 6.57. The van der Waals surface area contributed by atoms with Crippen molar-refractivity contribution in [1.82, 2.24) is 4.90 Å². The summed E-state index contributed by atoms with van der Waals surface area (Å²) in [6.07, 6.45) is 0.448. The minimum absolute atomic E-state index is 0.146. The number of hydrogen-bond donors (Lipinski definition) is 0. The van der Waals surface area contributed by atoms with Crippen molar-refractivity contribution in [3.05, 3.63) is 59.4 Å². The van der Waals surface area contributed by atoms with Gasteiger partial charge in [0, 0.05) is 6.54 Å². The van der Waals surface area contributed by atoms with Gasteiger partial charge in [0.15, 0.2) is 11.5 Å². The van der Waals surface area contributed by atoms with E-state index in [1.165, 1.54) is 17.0 Å². The van der Waals surface area contributed by atoms with E-state index in [-0.39, 0.29) is 23.6 Å². The largest absolute Gasteiger partial charge is 0.490 e. The molecular formula is C21H22FNO4S. The lowest BCUT2D eigenvalue weighted by molar-refractivity contribution is -0.126. The lowest BCUT2D eigenvalue weighted by Crippen LogP contribution is -2.31. The Morgan fingerprint density at radius 1 is 1.00 bits per heavy atom. The van der Waals surface area contributed by atoms with Crippen molar-refractivity contribution >= 4 is 22.9 Å². The maximum absolute atomic E-state index is 13.0. The van der Waals surface area contributed by atoms with Crippen LogP contribution in [-0.2, 0) is 17.8 Å². The molecule has 2 aromatic rings. The first-order valence-electron chi connectivity index (χ1n) is 9.16. The van der Waals surface area contributed by atoms with Crippen molar-refractivity contribution in [2.24, 2.45) is 0 Å². The fourth-order valence-electron chi connectivity index (χ4n) is 2.94. The number of hydrogen-bond acceptors (Lipinski definition) is 5. The van der Waals surface area contributed by atoms with Gasteiger partial charge in [0.25, 0.3) is 5.24 Å². The summed E-state index contributed by atoms with van der Waals surface area (Å²) < 4.78 is 24.5. The van der Waals surface area contributed by atoms with Gasteiger partial charge in [-0.15, -0.1) is 0 Å². The van der Waals surface area contributed by atoms with Gasteiger partial charge in [-0.25, -0.2) is 4.39 Å². The highest BCUT2D eigenvalue weighted by Gasteiger charge is 2.38. The number of halogens is 1. The highest BCUT2D eigenvalue weighted by Crippen LogP contribution is 2.33. The summed E-state index contributed by atoms with van der Waals surface area (Å²) in [4.78, 5) is 25.5. The molecule has 0 aromatic heterocycles. The molecule has 0 N–H and O–H groups in total. The first kappa shape index (κ1) is 20.2. The van der Waals surface area contributed by atoms with Gasteiger partial charge in [0.1, 0.15) is 12.4 Å². The SMILES string of the molecule is CCOc1cc(C[C@@H]2SC(=O)N(CC)C2=O)ccc1OCc1ccc(F)cc1. The molecule has 0 spiro atoms. The van der Waals surface area contributed by atoms with Crippen LogP contribution in [0.2, 0.25) is 0 Å². The second-order valence-electron chi connectivity index (χ2n) is 6.29. The molecule has 0 bridgehead atoms. The number of benzene rings is 2. The van der Waals surface area contributed by atoms with Crippen molar-refractivity contribution in [3.63, 3.8) is 0 Å². The van der Waals surface area contributed by atoms with Gasteiger partial charge in [-0.2, -0.15) is 0 Å². The zero-order chi connectivity index (χ0) is 20.1.